The van der Waals surface area contributed by atoms with E-state index in [-0.39, 0.29) is 6.04 Å². The molecule has 0 aliphatic heterocycles. The van der Waals surface area contributed by atoms with E-state index in [2.05, 4.69) is 9.97 Å². The first-order chi connectivity index (χ1) is 9.13. The second-order valence-corrected chi connectivity index (χ2v) is 4.49. The zero-order valence-corrected chi connectivity index (χ0v) is 11.4. The Bertz CT molecular complexity index is 549. The molecule has 0 aliphatic carbocycles. The van der Waals surface area contributed by atoms with Crippen molar-refractivity contribution in [3.05, 3.63) is 30.2 Å². The van der Waals surface area contributed by atoms with E-state index in [0.29, 0.717) is 0 Å². The van der Waals surface area contributed by atoms with E-state index < -0.39 is 0 Å². The van der Waals surface area contributed by atoms with Gasteiger partial charge in [0.25, 0.3) is 0 Å². The van der Waals surface area contributed by atoms with Crippen molar-refractivity contribution in [1.29, 1.82) is 0 Å². The molecule has 19 heavy (non-hydrogen) atoms. The van der Waals surface area contributed by atoms with Crippen LogP contribution in [0.4, 0.5) is 0 Å². The van der Waals surface area contributed by atoms with Gasteiger partial charge in [-0.15, -0.1) is 0 Å². The van der Waals surface area contributed by atoms with Gasteiger partial charge in [-0.25, -0.2) is 4.98 Å². The summed E-state index contributed by atoms with van der Waals surface area (Å²) in [4.78, 5) is 7.59. The Kier molecular flexibility index (Phi) is 4.06. The molecular formula is C14H19N3O2. The summed E-state index contributed by atoms with van der Waals surface area (Å²) < 4.78 is 10.6. The maximum atomic E-state index is 5.77. The van der Waals surface area contributed by atoms with Crippen LogP contribution in [-0.2, 0) is 6.42 Å². The summed E-state index contributed by atoms with van der Waals surface area (Å²) in [5, 5.41) is 0. The molecule has 0 saturated heterocycles. The van der Waals surface area contributed by atoms with E-state index in [1.807, 2.05) is 25.1 Å². The molecule has 5 nitrogen and oxygen atoms in total. The quantitative estimate of drug-likeness (QED) is 0.863. The molecule has 3 N–H and O–H groups in total. The third-order valence-corrected chi connectivity index (χ3v) is 2.84. The zero-order chi connectivity index (χ0) is 13.8. The van der Waals surface area contributed by atoms with E-state index in [1.54, 1.807) is 20.4 Å². The normalized spacial score (nSPS) is 12.2. The monoisotopic (exact) mass is 261 g/mol. The lowest BCUT2D eigenvalue weighted by atomic mass is 10.1. The number of hydrogen-bond donors (Lipinski definition) is 2. The lowest BCUT2D eigenvalue weighted by Crippen LogP contribution is -2.18. The highest BCUT2D eigenvalue weighted by molar-refractivity contribution is 5.68. The zero-order valence-electron chi connectivity index (χ0n) is 11.4. The fourth-order valence-electron chi connectivity index (χ4n) is 1.93. The standard InChI is InChI=1S/C14H19N3O2/c1-9(15)6-14-16-8-12(17-14)11-5-4-10(18-2)7-13(11)19-3/h4-5,7-9H,6,15H2,1-3H3,(H,16,17). The number of aromatic nitrogens is 2. The highest BCUT2D eigenvalue weighted by Gasteiger charge is 2.11. The second-order valence-electron chi connectivity index (χ2n) is 4.49. The molecule has 0 bridgehead atoms. The van der Waals surface area contributed by atoms with E-state index in [1.165, 1.54) is 0 Å². The largest absolute Gasteiger partial charge is 0.497 e. The van der Waals surface area contributed by atoms with Gasteiger partial charge in [0.2, 0.25) is 0 Å². The molecule has 0 aliphatic rings. The molecule has 102 valence electrons. The Morgan fingerprint density at radius 1 is 1.32 bits per heavy atom. The molecule has 1 aromatic carbocycles. The van der Waals surface area contributed by atoms with Crippen molar-refractivity contribution in [2.75, 3.05) is 14.2 Å². The van der Waals surface area contributed by atoms with Crippen LogP contribution < -0.4 is 15.2 Å². The lowest BCUT2D eigenvalue weighted by Gasteiger charge is -2.08. The molecule has 2 rings (SSSR count). The van der Waals surface area contributed by atoms with Gasteiger partial charge in [0.1, 0.15) is 17.3 Å². The number of imidazole rings is 1. The molecule has 0 amide bonds. The molecule has 1 atom stereocenters. The molecule has 0 spiro atoms. The van der Waals surface area contributed by atoms with Crippen LogP contribution in [0, 0.1) is 0 Å². The predicted molar refractivity (Wildman–Crippen MR) is 74.5 cm³/mol. The van der Waals surface area contributed by atoms with Crippen molar-refractivity contribution in [1.82, 2.24) is 9.97 Å². The number of hydrogen-bond acceptors (Lipinski definition) is 4. The minimum atomic E-state index is 0.0803. The van der Waals surface area contributed by atoms with Crippen LogP contribution in [0.1, 0.15) is 12.7 Å². The van der Waals surface area contributed by atoms with Gasteiger partial charge in [-0.1, -0.05) is 0 Å². The van der Waals surface area contributed by atoms with Crippen LogP contribution in [0.2, 0.25) is 0 Å². The van der Waals surface area contributed by atoms with Crippen LogP contribution in [-0.4, -0.2) is 30.2 Å². The lowest BCUT2D eigenvalue weighted by molar-refractivity contribution is 0.395. The SMILES string of the molecule is COc1ccc(-c2cnc(CC(C)N)[nH]2)c(OC)c1. The minimum absolute atomic E-state index is 0.0803. The average molecular weight is 261 g/mol. The Morgan fingerprint density at radius 2 is 2.11 bits per heavy atom. The fraction of sp³-hybridized carbons (Fsp3) is 0.357. The van der Waals surface area contributed by atoms with Gasteiger partial charge in [0.15, 0.2) is 0 Å². The van der Waals surface area contributed by atoms with Crippen molar-refractivity contribution >= 4 is 0 Å². The first-order valence-electron chi connectivity index (χ1n) is 6.16. The Balaban J connectivity index is 2.33. The van der Waals surface area contributed by atoms with Gasteiger partial charge < -0.3 is 20.2 Å². The first kappa shape index (κ1) is 13.4. The molecule has 0 radical (unpaired) electrons. The summed E-state index contributed by atoms with van der Waals surface area (Å²) in [5.74, 6) is 2.38. The van der Waals surface area contributed by atoms with E-state index >= 15 is 0 Å². The number of nitrogens with one attached hydrogen (secondary N) is 1. The van der Waals surface area contributed by atoms with Crippen LogP contribution >= 0.6 is 0 Å². The number of ether oxygens (including phenoxy) is 2. The fourth-order valence-corrected chi connectivity index (χ4v) is 1.93. The molecule has 5 heteroatoms. The Hall–Kier alpha value is -2.01. The Morgan fingerprint density at radius 3 is 2.74 bits per heavy atom. The Labute approximate surface area is 112 Å². The van der Waals surface area contributed by atoms with Gasteiger partial charge in [-0.2, -0.15) is 0 Å². The van der Waals surface area contributed by atoms with Gasteiger partial charge in [0, 0.05) is 24.1 Å². The summed E-state index contributed by atoms with van der Waals surface area (Å²) >= 11 is 0. The molecule has 1 unspecified atom stereocenters. The topological polar surface area (TPSA) is 73.2 Å². The molecular weight excluding hydrogens is 242 g/mol. The summed E-state index contributed by atoms with van der Waals surface area (Å²) in [6.07, 6.45) is 2.51. The maximum absolute atomic E-state index is 5.77. The van der Waals surface area contributed by atoms with Gasteiger partial charge in [-0.05, 0) is 19.1 Å². The predicted octanol–water partition coefficient (Wildman–Crippen LogP) is 1.98. The number of benzene rings is 1. The third-order valence-electron chi connectivity index (χ3n) is 2.84. The summed E-state index contributed by atoms with van der Waals surface area (Å²) in [5.41, 5.74) is 7.63. The van der Waals surface area contributed by atoms with Gasteiger partial charge >= 0.3 is 0 Å². The first-order valence-corrected chi connectivity index (χ1v) is 6.16. The number of nitrogens with two attached hydrogens (primary N) is 1. The number of H-pyrrole nitrogens is 1. The third kappa shape index (κ3) is 3.06. The molecule has 0 saturated carbocycles. The van der Waals surface area contributed by atoms with Crippen molar-refractivity contribution in [3.63, 3.8) is 0 Å². The van der Waals surface area contributed by atoms with E-state index in [4.69, 9.17) is 15.2 Å². The summed E-state index contributed by atoms with van der Waals surface area (Å²) in [7, 11) is 3.27. The number of methoxy groups -OCH3 is 2. The minimum Gasteiger partial charge on any atom is -0.497 e. The van der Waals surface area contributed by atoms with Gasteiger partial charge in [-0.3, -0.25) is 0 Å². The van der Waals surface area contributed by atoms with Crippen molar-refractivity contribution < 1.29 is 9.47 Å². The maximum Gasteiger partial charge on any atom is 0.131 e. The van der Waals surface area contributed by atoms with E-state index in [0.717, 1.165) is 35.0 Å². The highest BCUT2D eigenvalue weighted by Crippen LogP contribution is 2.32. The van der Waals surface area contributed by atoms with E-state index in [9.17, 15) is 0 Å². The van der Waals surface area contributed by atoms with Crippen molar-refractivity contribution in [2.24, 2.45) is 5.73 Å². The van der Waals surface area contributed by atoms with Crippen molar-refractivity contribution in [2.45, 2.75) is 19.4 Å². The average Bonchev–Trinajstić information content (AvgIpc) is 2.85. The van der Waals surface area contributed by atoms with Gasteiger partial charge in [0.05, 0.1) is 26.1 Å². The number of rotatable bonds is 5. The highest BCUT2D eigenvalue weighted by atomic mass is 16.5. The molecule has 0 fully saturated rings. The summed E-state index contributed by atoms with van der Waals surface area (Å²) in [6, 6.07) is 5.77. The molecule has 2 aromatic rings. The van der Waals surface area contributed by atoms with Crippen LogP contribution in [0.5, 0.6) is 11.5 Å². The number of nitrogens with zero attached hydrogens (tertiary/aromatic N) is 1. The molecule has 1 aromatic heterocycles. The second kappa shape index (κ2) is 5.75. The molecule has 1 heterocycles. The number of aromatic amines is 1. The smallest absolute Gasteiger partial charge is 0.131 e. The van der Waals surface area contributed by atoms with Crippen molar-refractivity contribution in [3.8, 4) is 22.8 Å². The van der Waals surface area contributed by atoms with Crippen LogP contribution in [0.15, 0.2) is 24.4 Å². The van der Waals surface area contributed by atoms with Crippen LogP contribution in [0.3, 0.4) is 0 Å². The summed E-state index contributed by atoms with van der Waals surface area (Å²) in [6.45, 7) is 1.95. The van der Waals surface area contributed by atoms with Crippen LogP contribution in [0.25, 0.3) is 11.3 Å².